The number of allylic oxidation sites excluding steroid dienone is 1. The van der Waals surface area contributed by atoms with Gasteiger partial charge in [-0.1, -0.05) is 55.8 Å². The highest BCUT2D eigenvalue weighted by molar-refractivity contribution is 7.89. The van der Waals surface area contributed by atoms with Crippen LogP contribution in [0.4, 0.5) is 0 Å². The Kier molecular flexibility index (Phi) is 6.48. The molecule has 160 valence electrons. The van der Waals surface area contributed by atoms with Gasteiger partial charge in [-0.15, -0.1) is 0 Å². The molecule has 1 aliphatic rings. The molecule has 0 aliphatic carbocycles. The minimum Gasteiger partial charge on any atom is -0.427 e. The molecule has 1 saturated heterocycles. The standard InChI is InChI=1S/C24H29NO4S/c1-18-5-11-23(12-6-18)30(27,28)25-16-14-21(17-25)24(3,4)15-13-20-7-9-22(10-8-20)29-19(2)26/h5-13,15,21H,14,16-17H2,1-4H3/b15-13+. The Bertz CT molecular complexity index is 1020. The molecule has 1 fully saturated rings. The van der Waals surface area contributed by atoms with E-state index in [1.807, 2.05) is 37.3 Å². The average Bonchev–Trinajstić information content (AvgIpc) is 3.20. The van der Waals surface area contributed by atoms with Crippen molar-refractivity contribution in [2.45, 2.75) is 39.0 Å². The molecule has 1 unspecified atom stereocenters. The van der Waals surface area contributed by atoms with Crippen molar-refractivity contribution in [2.75, 3.05) is 13.1 Å². The van der Waals surface area contributed by atoms with E-state index in [0.717, 1.165) is 17.5 Å². The molecular weight excluding hydrogens is 398 g/mol. The van der Waals surface area contributed by atoms with Gasteiger partial charge in [-0.05, 0) is 54.5 Å². The van der Waals surface area contributed by atoms with Gasteiger partial charge < -0.3 is 4.74 Å². The summed E-state index contributed by atoms with van der Waals surface area (Å²) in [6, 6.07) is 14.4. The van der Waals surface area contributed by atoms with Crippen molar-refractivity contribution in [1.82, 2.24) is 4.31 Å². The van der Waals surface area contributed by atoms with E-state index < -0.39 is 10.0 Å². The number of rotatable bonds is 6. The summed E-state index contributed by atoms with van der Waals surface area (Å²) < 4.78 is 32.6. The minimum atomic E-state index is -3.46. The van der Waals surface area contributed by atoms with Gasteiger partial charge in [-0.3, -0.25) is 4.79 Å². The van der Waals surface area contributed by atoms with Crippen LogP contribution < -0.4 is 4.74 Å². The lowest BCUT2D eigenvalue weighted by molar-refractivity contribution is -0.131. The Hall–Kier alpha value is -2.44. The predicted octanol–water partition coefficient (Wildman–Crippen LogP) is 4.67. The van der Waals surface area contributed by atoms with Gasteiger partial charge in [-0.2, -0.15) is 4.31 Å². The highest BCUT2D eigenvalue weighted by atomic mass is 32.2. The maximum Gasteiger partial charge on any atom is 0.308 e. The zero-order chi connectivity index (χ0) is 21.9. The van der Waals surface area contributed by atoms with Crippen LogP contribution in [0.2, 0.25) is 0 Å². The van der Waals surface area contributed by atoms with E-state index in [2.05, 4.69) is 19.9 Å². The van der Waals surface area contributed by atoms with Crippen molar-refractivity contribution in [3.63, 3.8) is 0 Å². The van der Waals surface area contributed by atoms with E-state index >= 15 is 0 Å². The molecule has 3 rings (SSSR count). The van der Waals surface area contributed by atoms with E-state index in [4.69, 9.17) is 4.74 Å². The molecule has 1 atom stereocenters. The second-order valence-electron chi connectivity index (χ2n) is 8.48. The molecule has 1 heterocycles. The van der Waals surface area contributed by atoms with Crippen LogP contribution >= 0.6 is 0 Å². The number of aryl methyl sites for hydroxylation is 1. The summed E-state index contributed by atoms with van der Waals surface area (Å²) in [6.45, 7) is 8.66. The molecule has 2 aromatic carbocycles. The summed E-state index contributed by atoms with van der Waals surface area (Å²) in [6.07, 6.45) is 5.00. The van der Waals surface area contributed by atoms with Crippen LogP contribution in [-0.4, -0.2) is 31.8 Å². The van der Waals surface area contributed by atoms with Crippen molar-refractivity contribution in [3.05, 3.63) is 65.7 Å². The normalized spacial score (nSPS) is 18.1. The van der Waals surface area contributed by atoms with E-state index in [-0.39, 0.29) is 17.3 Å². The van der Waals surface area contributed by atoms with E-state index in [0.29, 0.717) is 23.7 Å². The first-order valence-corrected chi connectivity index (χ1v) is 11.6. The SMILES string of the molecule is CC(=O)Oc1ccc(/C=C/C(C)(C)C2CCN(S(=O)(=O)c3ccc(C)cc3)C2)cc1. The van der Waals surface area contributed by atoms with E-state index in [1.54, 1.807) is 28.6 Å². The van der Waals surface area contributed by atoms with Crippen molar-refractivity contribution in [2.24, 2.45) is 11.3 Å². The number of ether oxygens (including phenoxy) is 1. The molecule has 0 amide bonds. The number of sulfonamides is 1. The number of carbonyl (C=O) groups excluding carboxylic acids is 1. The molecule has 0 saturated carbocycles. The van der Waals surface area contributed by atoms with Gasteiger partial charge in [0, 0.05) is 20.0 Å². The van der Waals surface area contributed by atoms with Crippen LogP contribution in [0.5, 0.6) is 5.75 Å². The predicted molar refractivity (Wildman–Crippen MR) is 119 cm³/mol. The zero-order valence-electron chi connectivity index (χ0n) is 18.0. The van der Waals surface area contributed by atoms with Crippen LogP contribution in [0, 0.1) is 18.3 Å². The third-order valence-electron chi connectivity index (χ3n) is 5.71. The Labute approximate surface area is 179 Å². The van der Waals surface area contributed by atoms with Crippen molar-refractivity contribution >= 4 is 22.1 Å². The fraction of sp³-hybridized carbons (Fsp3) is 0.375. The van der Waals surface area contributed by atoms with Crippen LogP contribution in [0.25, 0.3) is 6.08 Å². The third-order valence-corrected chi connectivity index (χ3v) is 7.59. The third kappa shape index (κ3) is 5.18. The molecule has 0 spiro atoms. The van der Waals surface area contributed by atoms with E-state index in [1.165, 1.54) is 6.92 Å². The average molecular weight is 428 g/mol. The first-order valence-electron chi connectivity index (χ1n) is 10.1. The molecule has 0 radical (unpaired) electrons. The quantitative estimate of drug-likeness (QED) is 0.496. The molecule has 2 aromatic rings. The Morgan fingerprint density at radius 3 is 2.33 bits per heavy atom. The number of hydrogen-bond donors (Lipinski definition) is 0. The molecule has 0 bridgehead atoms. The Balaban J connectivity index is 1.67. The Morgan fingerprint density at radius 2 is 1.73 bits per heavy atom. The summed E-state index contributed by atoms with van der Waals surface area (Å²) in [5, 5.41) is 0. The monoisotopic (exact) mass is 427 g/mol. The van der Waals surface area contributed by atoms with Crippen molar-refractivity contribution in [3.8, 4) is 5.75 Å². The first-order chi connectivity index (χ1) is 14.1. The number of esters is 1. The molecule has 30 heavy (non-hydrogen) atoms. The number of carbonyl (C=O) groups is 1. The molecule has 5 nitrogen and oxygen atoms in total. The lowest BCUT2D eigenvalue weighted by atomic mass is 9.78. The van der Waals surface area contributed by atoms with Gasteiger partial charge in [0.1, 0.15) is 5.75 Å². The van der Waals surface area contributed by atoms with Gasteiger partial charge >= 0.3 is 5.97 Å². The van der Waals surface area contributed by atoms with Crippen molar-refractivity contribution in [1.29, 1.82) is 0 Å². The first kappa shape index (κ1) is 22.2. The van der Waals surface area contributed by atoms with Gasteiger partial charge in [0.05, 0.1) is 4.90 Å². The molecule has 0 N–H and O–H groups in total. The molecule has 6 heteroatoms. The summed E-state index contributed by atoms with van der Waals surface area (Å²) in [5.74, 6) is 0.409. The summed E-state index contributed by atoms with van der Waals surface area (Å²) >= 11 is 0. The van der Waals surface area contributed by atoms with Gasteiger partial charge in [0.15, 0.2) is 0 Å². The topological polar surface area (TPSA) is 63.7 Å². The zero-order valence-corrected chi connectivity index (χ0v) is 18.8. The summed E-state index contributed by atoms with van der Waals surface area (Å²) in [5.41, 5.74) is 1.88. The summed E-state index contributed by atoms with van der Waals surface area (Å²) in [4.78, 5) is 11.4. The van der Waals surface area contributed by atoms with Crippen molar-refractivity contribution < 1.29 is 17.9 Å². The van der Waals surface area contributed by atoms with Crippen LogP contribution in [-0.2, 0) is 14.8 Å². The number of hydrogen-bond acceptors (Lipinski definition) is 4. The maximum atomic E-state index is 13.0. The highest BCUT2D eigenvalue weighted by Gasteiger charge is 2.38. The maximum absolute atomic E-state index is 13.0. The number of benzene rings is 2. The fourth-order valence-electron chi connectivity index (χ4n) is 3.67. The van der Waals surface area contributed by atoms with Gasteiger partial charge in [0.25, 0.3) is 0 Å². The lowest BCUT2D eigenvalue weighted by Gasteiger charge is -2.28. The largest absolute Gasteiger partial charge is 0.427 e. The Morgan fingerprint density at radius 1 is 1.10 bits per heavy atom. The van der Waals surface area contributed by atoms with E-state index in [9.17, 15) is 13.2 Å². The smallest absolute Gasteiger partial charge is 0.308 e. The second-order valence-corrected chi connectivity index (χ2v) is 10.4. The van der Waals surface area contributed by atoms with Crippen LogP contribution in [0.15, 0.2) is 59.5 Å². The van der Waals surface area contributed by atoms with Crippen LogP contribution in [0.3, 0.4) is 0 Å². The van der Waals surface area contributed by atoms with Crippen LogP contribution in [0.1, 0.15) is 38.3 Å². The lowest BCUT2D eigenvalue weighted by Crippen LogP contribution is -2.31. The molecular formula is C24H29NO4S. The number of nitrogens with zero attached hydrogens (tertiary/aromatic N) is 1. The second kappa shape index (κ2) is 8.74. The molecule has 1 aliphatic heterocycles. The molecule has 0 aromatic heterocycles. The minimum absolute atomic E-state index is 0.161. The highest BCUT2D eigenvalue weighted by Crippen LogP contribution is 2.38. The fourth-order valence-corrected chi connectivity index (χ4v) is 5.17. The van der Waals surface area contributed by atoms with Gasteiger partial charge in [-0.25, -0.2) is 8.42 Å². The summed E-state index contributed by atoms with van der Waals surface area (Å²) in [7, 11) is -3.46. The van der Waals surface area contributed by atoms with Gasteiger partial charge in [0.2, 0.25) is 10.0 Å².